The second-order valence-corrected chi connectivity index (χ2v) is 7.55. The molecular weight excluding hydrogens is 176 g/mol. The Morgan fingerprint density at radius 2 is 2.56 bits per heavy atom. The fourth-order valence-electron chi connectivity index (χ4n) is 0.593. The number of hydrogen-bond donors (Lipinski definition) is 0. The van der Waals surface area contributed by atoms with Gasteiger partial charge in [-0.3, -0.25) is 4.18 Å². The third-order valence-electron chi connectivity index (χ3n) is 1.03. The molecule has 1 aliphatic heterocycles. The molecule has 0 aromatic heterocycles. The van der Waals surface area contributed by atoms with Crippen molar-refractivity contribution < 1.29 is 8.39 Å². The molecule has 2 atom stereocenters. The molecule has 1 heterocycles. The lowest BCUT2D eigenvalue weighted by molar-refractivity contribution is 0.245. The van der Waals surface area contributed by atoms with Gasteiger partial charge >= 0.3 is 0 Å². The van der Waals surface area contributed by atoms with Gasteiger partial charge in [0, 0.05) is 16.9 Å². The molecular formula is C4H8O2S3. The van der Waals surface area contributed by atoms with E-state index in [-0.39, 0.29) is 6.10 Å². The summed E-state index contributed by atoms with van der Waals surface area (Å²) in [5.41, 5.74) is 0. The molecule has 1 fully saturated rings. The van der Waals surface area contributed by atoms with Crippen LogP contribution in [0.2, 0.25) is 0 Å². The molecule has 1 rings (SSSR count). The average molecular weight is 184 g/mol. The first-order chi connectivity index (χ1) is 4.10. The molecule has 0 aromatic rings. The Kier molecular flexibility index (Phi) is 2.37. The molecule has 0 aliphatic carbocycles. The minimum atomic E-state index is -2.38. The summed E-state index contributed by atoms with van der Waals surface area (Å²) in [5.74, 6) is 0.865. The molecule has 54 valence electrons. The van der Waals surface area contributed by atoms with Gasteiger partial charge in [0.25, 0.3) is 0 Å². The maximum Gasteiger partial charge on any atom is 0.198 e. The molecule has 0 bridgehead atoms. The third-order valence-corrected chi connectivity index (χ3v) is 4.99. The van der Waals surface area contributed by atoms with Gasteiger partial charge in [0.15, 0.2) is 7.80 Å². The van der Waals surface area contributed by atoms with Crippen LogP contribution in [0.3, 0.4) is 0 Å². The van der Waals surface area contributed by atoms with Crippen molar-refractivity contribution in [3.05, 3.63) is 0 Å². The summed E-state index contributed by atoms with van der Waals surface area (Å²) in [6, 6.07) is 0. The monoisotopic (exact) mass is 184 g/mol. The van der Waals surface area contributed by atoms with Gasteiger partial charge in [0.05, 0.1) is 6.10 Å². The summed E-state index contributed by atoms with van der Waals surface area (Å²) in [4.78, 5) is 0. The van der Waals surface area contributed by atoms with E-state index in [1.54, 1.807) is 0 Å². The van der Waals surface area contributed by atoms with Crippen LogP contribution in [0.25, 0.3) is 0 Å². The molecule has 1 aliphatic rings. The van der Waals surface area contributed by atoms with Gasteiger partial charge in [-0.05, 0) is 24.1 Å². The van der Waals surface area contributed by atoms with Crippen molar-refractivity contribution >= 4 is 29.8 Å². The lowest BCUT2D eigenvalue weighted by Gasteiger charge is -2.18. The quantitative estimate of drug-likeness (QED) is 0.527. The van der Waals surface area contributed by atoms with Gasteiger partial charge in [0.1, 0.15) is 0 Å². The van der Waals surface area contributed by atoms with Crippen LogP contribution in [0, 0.1) is 0 Å². The SMILES string of the molecule is CC1CCSS(=O)(=S)O1. The molecule has 1 saturated heterocycles. The highest BCUT2D eigenvalue weighted by molar-refractivity contribution is 8.83. The molecule has 2 nitrogen and oxygen atoms in total. The first-order valence-corrected chi connectivity index (χ1v) is 6.59. The minimum absolute atomic E-state index is 0.0799. The second kappa shape index (κ2) is 2.74. The summed E-state index contributed by atoms with van der Waals surface area (Å²) >= 11 is 4.64. The van der Waals surface area contributed by atoms with Crippen molar-refractivity contribution in [1.82, 2.24) is 0 Å². The van der Waals surface area contributed by atoms with E-state index >= 15 is 0 Å². The molecule has 0 saturated carbocycles. The van der Waals surface area contributed by atoms with Gasteiger partial charge in [0.2, 0.25) is 0 Å². The zero-order valence-corrected chi connectivity index (χ0v) is 7.48. The summed E-state index contributed by atoms with van der Waals surface area (Å²) in [5, 5.41) is 0. The molecule has 0 N–H and O–H groups in total. The summed E-state index contributed by atoms with van der Waals surface area (Å²) in [7, 11) is -1.14. The van der Waals surface area contributed by atoms with Gasteiger partial charge in [-0.2, -0.15) is 0 Å². The van der Waals surface area contributed by atoms with Gasteiger partial charge < -0.3 is 0 Å². The molecule has 0 amide bonds. The third kappa shape index (κ3) is 2.41. The van der Waals surface area contributed by atoms with Crippen LogP contribution in [0.5, 0.6) is 0 Å². The predicted octanol–water partition coefficient (Wildman–Crippen LogP) is 1.10. The lowest BCUT2D eigenvalue weighted by atomic mass is 10.3. The van der Waals surface area contributed by atoms with Crippen LogP contribution in [-0.2, 0) is 23.2 Å². The maximum absolute atomic E-state index is 11.0. The zero-order chi connectivity index (χ0) is 6.91. The summed E-state index contributed by atoms with van der Waals surface area (Å²) < 4.78 is 16.0. The normalized spacial score (nSPS) is 44.8. The lowest BCUT2D eigenvalue weighted by Crippen LogP contribution is -2.18. The maximum atomic E-state index is 11.0. The van der Waals surface area contributed by atoms with E-state index in [0.717, 1.165) is 12.2 Å². The van der Waals surface area contributed by atoms with Crippen molar-refractivity contribution in [1.29, 1.82) is 0 Å². The molecule has 5 heteroatoms. The van der Waals surface area contributed by atoms with Crippen LogP contribution in [0.1, 0.15) is 13.3 Å². The van der Waals surface area contributed by atoms with Crippen molar-refractivity contribution in [3.8, 4) is 0 Å². The largest absolute Gasteiger partial charge is 0.279 e. The van der Waals surface area contributed by atoms with E-state index < -0.39 is 7.80 Å². The first-order valence-electron chi connectivity index (χ1n) is 2.68. The fourth-order valence-corrected chi connectivity index (χ4v) is 4.26. The Morgan fingerprint density at radius 1 is 1.89 bits per heavy atom. The van der Waals surface area contributed by atoms with E-state index in [1.807, 2.05) is 6.92 Å². The average Bonchev–Trinajstić information content (AvgIpc) is 1.60. The Bertz CT molecular complexity index is 184. The van der Waals surface area contributed by atoms with Gasteiger partial charge in [-0.25, -0.2) is 4.21 Å². The molecule has 0 radical (unpaired) electrons. The van der Waals surface area contributed by atoms with Crippen LogP contribution in [0.4, 0.5) is 0 Å². The topological polar surface area (TPSA) is 26.3 Å². The Labute approximate surface area is 63.6 Å². The van der Waals surface area contributed by atoms with Gasteiger partial charge in [-0.15, -0.1) is 0 Å². The van der Waals surface area contributed by atoms with Crippen molar-refractivity contribution in [2.24, 2.45) is 0 Å². The number of rotatable bonds is 0. The Balaban J connectivity index is 2.62. The summed E-state index contributed by atoms with van der Waals surface area (Å²) in [6.07, 6.45) is 1.04. The minimum Gasteiger partial charge on any atom is -0.279 e. The van der Waals surface area contributed by atoms with Crippen LogP contribution in [0.15, 0.2) is 0 Å². The van der Waals surface area contributed by atoms with E-state index in [4.69, 9.17) is 4.18 Å². The molecule has 9 heavy (non-hydrogen) atoms. The first kappa shape index (κ1) is 7.78. The standard InChI is InChI=1S/C4H8O2S3/c1-4-2-3-8-9(5,7)6-4/h4H,2-3H2,1H3. The smallest absolute Gasteiger partial charge is 0.198 e. The Hall–Kier alpha value is 0.680. The van der Waals surface area contributed by atoms with Crippen LogP contribution >= 0.6 is 10.8 Å². The van der Waals surface area contributed by atoms with Crippen molar-refractivity contribution in [2.45, 2.75) is 19.4 Å². The second-order valence-electron chi connectivity index (χ2n) is 1.93. The predicted molar refractivity (Wildman–Crippen MR) is 43.1 cm³/mol. The van der Waals surface area contributed by atoms with Crippen molar-refractivity contribution in [2.75, 3.05) is 5.75 Å². The molecule has 0 spiro atoms. The van der Waals surface area contributed by atoms with Gasteiger partial charge in [-0.1, -0.05) is 0 Å². The molecule has 2 unspecified atom stereocenters. The van der Waals surface area contributed by atoms with Crippen LogP contribution < -0.4 is 0 Å². The fraction of sp³-hybridized carbons (Fsp3) is 1.00. The summed E-state index contributed by atoms with van der Waals surface area (Å²) in [6.45, 7) is 1.89. The van der Waals surface area contributed by atoms with E-state index in [2.05, 4.69) is 11.2 Å². The van der Waals surface area contributed by atoms with Crippen LogP contribution in [-0.4, -0.2) is 16.1 Å². The molecule has 0 aromatic carbocycles. The highest BCUT2D eigenvalue weighted by atomic mass is 33.4. The van der Waals surface area contributed by atoms with Crippen molar-refractivity contribution in [3.63, 3.8) is 0 Å². The van der Waals surface area contributed by atoms with E-state index in [0.29, 0.717) is 0 Å². The highest BCUT2D eigenvalue weighted by Crippen LogP contribution is 2.25. The highest BCUT2D eigenvalue weighted by Gasteiger charge is 2.18. The zero-order valence-electron chi connectivity index (χ0n) is 5.03. The van der Waals surface area contributed by atoms with E-state index in [1.165, 1.54) is 10.8 Å². The Morgan fingerprint density at radius 3 is 2.89 bits per heavy atom. The number of hydrogen-bond acceptors (Lipinski definition) is 4. The van der Waals surface area contributed by atoms with E-state index in [9.17, 15) is 4.21 Å².